The predicted molar refractivity (Wildman–Crippen MR) is 124 cm³/mol. The molecule has 0 spiro atoms. The van der Waals surface area contributed by atoms with Crippen LogP contribution in [0.1, 0.15) is 27.9 Å². The maximum atomic E-state index is 13.0. The first-order valence-electron chi connectivity index (χ1n) is 10.8. The number of hydrogen-bond acceptors (Lipinski definition) is 6. The average molecular weight is 475 g/mol. The van der Waals surface area contributed by atoms with E-state index in [9.17, 15) is 4.79 Å². The largest absolute Gasteiger partial charge is 0.478 e. The van der Waals surface area contributed by atoms with Crippen molar-refractivity contribution in [1.82, 2.24) is 9.80 Å². The third kappa shape index (κ3) is 4.38. The highest BCUT2D eigenvalue weighted by Gasteiger charge is 2.33. The van der Waals surface area contributed by atoms with Gasteiger partial charge in [-0.05, 0) is 43.3 Å². The van der Waals surface area contributed by atoms with Gasteiger partial charge in [-0.2, -0.15) is 0 Å². The molecule has 2 aromatic carbocycles. The van der Waals surface area contributed by atoms with Crippen LogP contribution in [0.3, 0.4) is 0 Å². The van der Waals surface area contributed by atoms with Crippen LogP contribution in [-0.4, -0.2) is 61.7 Å². The molecular formula is C24H24Cl2N2O4. The van der Waals surface area contributed by atoms with Crippen LogP contribution in [0, 0.1) is 0 Å². The Kier molecular flexibility index (Phi) is 6.40. The van der Waals surface area contributed by atoms with E-state index in [0.717, 1.165) is 57.1 Å². The molecule has 0 amide bonds. The topological polar surface area (TPSA) is 51.2 Å². The number of carbonyl (C=O) groups excluding carboxylic acids is 1. The number of rotatable bonds is 5. The third-order valence-corrected chi connectivity index (χ3v) is 6.67. The number of hydrogen-bond donors (Lipinski definition) is 0. The first-order valence-corrected chi connectivity index (χ1v) is 11.5. The highest BCUT2D eigenvalue weighted by molar-refractivity contribution is 6.37. The van der Waals surface area contributed by atoms with Crippen molar-refractivity contribution >= 4 is 35.1 Å². The zero-order valence-corrected chi connectivity index (χ0v) is 19.1. The second kappa shape index (κ2) is 9.41. The Hall–Kier alpha value is -2.09. The Morgan fingerprint density at radius 2 is 1.75 bits per heavy atom. The molecule has 32 heavy (non-hydrogen) atoms. The van der Waals surface area contributed by atoms with E-state index in [2.05, 4.69) is 9.80 Å². The molecule has 3 aliphatic rings. The third-order valence-electron chi connectivity index (χ3n) is 6.01. The van der Waals surface area contributed by atoms with Gasteiger partial charge < -0.3 is 14.2 Å². The first-order chi connectivity index (χ1) is 15.6. The van der Waals surface area contributed by atoms with Crippen LogP contribution in [0.15, 0.2) is 36.1 Å². The van der Waals surface area contributed by atoms with E-state index >= 15 is 0 Å². The number of Topliss-reactive ketones (excluding diaryl/α,β-unsaturated/α-hetero) is 1. The number of halogens is 2. The molecule has 0 saturated carbocycles. The fourth-order valence-electron chi connectivity index (χ4n) is 4.27. The van der Waals surface area contributed by atoms with Crippen molar-refractivity contribution in [2.24, 2.45) is 0 Å². The summed E-state index contributed by atoms with van der Waals surface area (Å²) < 4.78 is 17.4. The fraction of sp³-hybridized carbons (Fsp3) is 0.375. The summed E-state index contributed by atoms with van der Waals surface area (Å²) in [6, 6.07) is 8.85. The van der Waals surface area contributed by atoms with Gasteiger partial charge in [-0.25, -0.2) is 0 Å². The Morgan fingerprint density at radius 1 is 1.00 bits per heavy atom. The van der Waals surface area contributed by atoms with E-state index in [1.165, 1.54) is 0 Å². The molecule has 1 fully saturated rings. The summed E-state index contributed by atoms with van der Waals surface area (Å²) >= 11 is 12.5. The van der Waals surface area contributed by atoms with E-state index in [-0.39, 0.29) is 11.5 Å². The Labute approximate surface area is 197 Å². The number of nitrogens with zero attached hydrogens (tertiary/aromatic N) is 2. The predicted octanol–water partition coefficient (Wildman–Crippen LogP) is 4.48. The maximum Gasteiger partial charge on any atom is 0.231 e. The SMILES string of the molecule is O=C1/C(=C/c2c(Cl)cccc2Cl)Oc2c1ccc1c2CN(CCCN2CCOCC2)CO1. The lowest BCUT2D eigenvalue weighted by atomic mass is 10.0. The molecule has 0 N–H and O–H groups in total. The van der Waals surface area contributed by atoms with E-state index in [4.69, 9.17) is 37.4 Å². The molecule has 0 unspecified atom stereocenters. The van der Waals surface area contributed by atoms with Crippen molar-refractivity contribution in [3.05, 3.63) is 62.8 Å². The van der Waals surface area contributed by atoms with E-state index in [1.54, 1.807) is 30.3 Å². The van der Waals surface area contributed by atoms with Crippen LogP contribution in [0.5, 0.6) is 11.5 Å². The summed E-state index contributed by atoms with van der Waals surface area (Å²) in [6.07, 6.45) is 2.66. The van der Waals surface area contributed by atoms with Crippen LogP contribution >= 0.6 is 23.2 Å². The molecule has 0 aliphatic carbocycles. The number of fused-ring (bicyclic) bond motifs is 3. The summed E-state index contributed by atoms with van der Waals surface area (Å²) in [5, 5.41) is 0.934. The number of morpholine rings is 1. The highest BCUT2D eigenvalue weighted by Crippen LogP contribution is 2.42. The van der Waals surface area contributed by atoms with Crippen molar-refractivity contribution in [2.45, 2.75) is 13.0 Å². The van der Waals surface area contributed by atoms with Gasteiger partial charge in [0.25, 0.3) is 0 Å². The van der Waals surface area contributed by atoms with Gasteiger partial charge in [0.1, 0.15) is 18.2 Å². The van der Waals surface area contributed by atoms with Crippen LogP contribution in [0.25, 0.3) is 6.08 Å². The zero-order valence-electron chi connectivity index (χ0n) is 17.6. The summed E-state index contributed by atoms with van der Waals surface area (Å²) in [4.78, 5) is 17.7. The van der Waals surface area contributed by atoms with Crippen molar-refractivity contribution in [1.29, 1.82) is 0 Å². The number of carbonyl (C=O) groups is 1. The zero-order chi connectivity index (χ0) is 22.1. The van der Waals surface area contributed by atoms with Crippen LogP contribution in [0.4, 0.5) is 0 Å². The molecule has 8 heteroatoms. The minimum Gasteiger partial charge on any atom is -0.478 e. The van der Waals surface area contributed by atoms with Crippen LogP contribution in [0.2, 0.25) is 10.0 Å². The summed E-state index contributed by atoms with van der Waals surface area (Å²) in [5.74, 6) is 1.37. The lowest BCUT2D eigenvalue weighted by Gasteiger charge is -2.31. The molecule has 168 valence electrons. The smallest absolute Gasteiger partial charge is 0.231 e. The van der Waals surface area contributed by atoms with E-state index in [1.807, 2.05) is 6.07 Å². The summed E-state index contributed by atoms with van der Waals surface area (Å²) in [6.45, 7) is 6.77. The van der Waals surface area contributed by atoms with Gasteiger partial charge in [0, 0.05) is 41.8 Å². The first kappa shape index (κ1) is 21.7. The number of ketones is 1. The van der Waals surface area contributed by atoms with Crippen LogP contribution < -0.4 is 9.47 Å². The Balaban J connectivity index is 1.31. The van der Waals surface area contributed by atoms with Gasteiger partial charge in [-0.3, -0.25) is 14.6 Å². The molecular weight excluding hydrogens is 451 g/mol. The quantitative estimate of drug-likeness (QED) is 0.595. The van der Waals surface area contributed by atoms with Crippen LogP contribution in [-0.2, 0) is 11.3 Å². The summed E-state index contributed by atoms with van der Waals surface area (Å²) in [7, 11) is 0. The second-order valence-corrected chi connectivity index (χ2v) is 8.94. The number of allylic oxidation sites excluding steroid dienone is 1. The van der Waals surface area contributed by atoms with Gasteiger partial charge in [0.05, 0.1) is 24.3 Å². The lowest BCUT2D eigenvalue weighted by Crippen LogP contribution is -2.39. The van der Waals surface area contributed by atoms with E-state index < -0.39 is 0 Å². The highest BCUT2D eigenvalue weighted by atomic mass is 35.5. The molecule has 6 nitrogen and oxygen atoms in total. The molecule has 0 bridgehead atoms. The molecule has 2 aromatic rings. The van der Waals surface area contributed by atoms with Crippen molar-refractivity contribution in [2.75, 3.05) is 46.1 Å². The van der Waals surface area contributed by atoms with Gasteiger partial charge in [-0.1, -0.05) is 29.3 Å². The Bertz CT molecular complexity index is 1050. The Morgan fingerprint density at radius 3 is 2.53 bits per heavy atom. The molecule has 0 radical (unpaired) electrons. The normalized spacial score (nSPS) is 20.1. The average Bonchev–Trinajstić information content (AvgIpc) is 3.13. The lowest BCUT2D eigenvalue weighted by molar-refractivity contribution is 0.0329. The van der Waals surface area contributed by atoms with Crippen molar-refractivity contribution < 1.29 is 19.0 Å². The van der Waals surface area contributed by atoms with E-state index in [0.29, 0.717) is 40.2 Å². The molecule has 0 aromatic heterocycles. The fourth-order valence-corrected chi connectivity index (χ4v) is 4.78. The molecule has 0 atom stereocenters. The molecule has 5 rings (SSSR count). The maximum absolute atomic E-state index is 13.0. The van der Waals surface area contributed by atoms with Crippen molar-refractivity contribution in [3.8, 4) is 11.5 Å². The number of ether oxygens (including phenoxy) is 3. The standard InChI is InChI=1S/C24H24Cl2N2O4/c25-19-3-1-4-20(26)17(19)13-22-23(29)16-5-6-21-18(24(16)32-22)14-28(15-31-21)8-2-7-27-9-11-30-12-10-27/h1,3-6,13H,2,7-12,14-15H2/b22-13-. The van der Waals surface area contributed by atoms with Gasteiger partial charge in [0.15, 0.2) is 5.76 Å². The summed E-state index contributed by atoms with van der Waals surface area (Å²) in [5.41, 5.74) is 2.01. The van der Waals surface area contributed by atoms with Gasteiger partial charge >= 0.3 is 0 Å². The second-order valence-electron chi connectivity index (χ2n) is 8.13. The molecule has 3 aliphatic heterocycles. The van der Waals surface area contributed by atoms with Crippen molar-refractivity contribution in [3.63, 3.8) is 0 Å². The minimum atomic E-state index is -0.178. The van der Waals surface area contributed by atoms with Gasteiger partial charge in [0.2, 0.25) is 5.78 Å². The molecule has 1 saturated heterocycles. The minimum absolute atomic E-state index is 0.178. The van der Waals surface area contributed by atoms with Gasteiger partial charge in [-0.15, -0.1) is 0 Å². The monoisotopic (exact) mass is 474 g/mol. The molecule has 3 heterocycles. The number of benzene rings is 2.